The first-order valence-electron chi connectivity index (χ1n) is 11.6. The van der Waals surface area contributed by atoms with Gasteiger partial charge in [-0.25, -0.2) is 0 Å². The summed E-state index contributed by atoms with van der Waals surface area (Å²) in [4.78, 5) is 44.4. The summed E-state index contributed by atoms with van der Waals surface area (Å²) in [6.07, 6.45) is -2.12. The van der Waals surface area contributed by atoms with Crippen molar-refractivity contribution in [2.24, 2.45) is 0 Å². The number of benzene rings is 1. The number of fused-ring (bicyclic) bond motifs is 2. The molecule has 3 aliphatic rings. The van der Waals surface area contributed by atoms with Gasteiger partial charge in [-0.1, -0.05) is 23.7 Å². The summed E-state index contributed by atoms with van der Waals surface area (Å²) in [5.41, 5.74) is 2.94. The van der Waals surface area contributed by atoms with Crippen LogP contribution in [0.4, 0.5) is 0 Å². The predicted octanol–water partition coefficient (Wildman–Crippen LogP) is 2.63. The molecule has 0 saturated carbocycles. The molecular formula is C24H23ClN2O10. The van der Waals surface area contributed by atoms with Gasteiger partial charge < -0.3 is 28.5 Å². The van der Waals surface area contributed by atoms with Gasteiger partial charge in [0.1, 0.15) is 18.3 Å². The van der Waals surface area contributed by atoms with Gasteiger partial charge in [-0.3, -0.25) is 14.6 Å². The average molecular weight is 535 g/mol. The highest BCUT2D eigenvalue weighted by molar-refractivity contribution is 6.30. The molecule has 0 spiro atoms. The molecule has 2 fully saturated rings. The van der Waals surface area contributed by atoms with Crippen LogP contribution in [0.5, 0.6) is 5.75 Å². The van der Waals surface area contributed by atoms with E-state index in [1.54, 1.807) is 25.3 Å². The smallest absolute Gasteiger partial charge is 0.311 e. The van der Waals surface area contributed by atoms with Gasteiger partial charge in [-0.05, 0) is 24.6 Å². The number of carbonyl (C=O) groups is 2. The van der Waals surface area contributed by atoms with E-state index in [-0.39, 0.29) is 38.8 Å². The first-order chi connectivity index (χ1) is 17.8. The van der Waals surface area contributed by atoms with Gasteiger partial charge in [0.25, 0.3) is 5.09 Å². The van der Waals surface area contributed by atoms with Gasteiger partial charge in [0, 0.05) is 22.3 Å². The van der Waals surface area contributed by atoms with Crippen LogP contribution in [0.25, 0.3) is 0 Å². The zero-order chi connectivity index (χ0) is 26.1. The molecule has 12 nitrogen and oxygen atoms in total. The maximum atomic E-state index is 12.6. The molecular weight excluding hydrogens is 512 g/mol. The Morgan fingerprint density at radius 3 is 2.49 bits per heavy atom. The molecule has 4 heterocycles. The number of nitrogens with zero attached hydrogens (tertiary/aromatic N) is 2. The summed E-state index contributed by atoms with van der Waals surface area (Å²) in [6.45, 7) is 1.93. The second-order valence-electron chi connectivity index (χ2n) is 8.81. The van der Waals surface area contributed by atoms with Crippen molar-refractivity contribution < 1.29 is 43.2 Å². The number of hydrogen-bond acceptors (Lipinski definition) is 11. The Bertz CT molecular complexity index is 1210. The van der Waals surface area contributed by atoms with Crippen LogP contribution in [-0.2, 0) is 40.0 Å². The molecule has 2 aromatic rings. The quantitative estimate of drug-likeness (QED) is 0.280. The summed E-state index contributed by atoms with van der Waals surface area (Å²) >= 11 is 5.98. The van der Waals surface area contributed by atoms with Gasteiger partial charge in [0.15, 0.2) is 18.0 Å². The van der Waals surface area contributed by atoms with Crippen molar-refractivity contribution in [1.82, 2.24) is 4.98 Å². The molecule has 5 atom stereocenters. The lowest BCUT2D eigenvalue weighted by Gasteiger charge is -2.16. The molecule has 5 rings (SSSR count). The normalized spacial score (nSPS) is 25.8. The molecule has 1 aromatic carbocycles. The van der Waals surface area contributed by atoms with Crippen LogP contribution in [0.1, 0.15) is 41.3 Å². The molecule has 0 radical (unpaired) electrons. The number of pyridine rings is 1. The molecule has 3 aliphatic heterocycles. The van der Waals surface area contributed by atoms with Crippen LogP contribution >= 0.6 is 11.6 Å². The van der Waals surface area contributed by atoms with E-state index >= 15 is 0 Å². The third kappa shape index (κ3) is 5.37. The van der Waals surface area contributed by atoms with Crippen molar-refractivity contribution in [3.8, 4) is 5.75 Å². The first kappa shape index (κ1) is 25.3. The van der Waals surface area contributed by atoms with Crippen LogP contribution in [0.3, 0.4) is 0 Å². The van der Waals surface area contributed by atoms with Crippen LogP contribution in [0.15, 0.2) is 30.5 Å². The van der Waals surface area contributed by atoms with Crippen LogP contribution in [0, 0.1) is 17.0 Å². The number of halogens is 1. The number of hydrogen-bond donors (Lipinski definition) is 0. The van der Waals surface area contributed by atoms with Crippen LogP contribution in [0.2, 0.25) is 5.02 Å². The zero-order valence-electron chi connectivity index (χ0n) is 19.7. The molecule has 2 saturated heterocycles. The van der Waals surface area contributed by atoms with E-state index in [9.17, 15) is 19.7 Å². The number of aromatic nitrogens is 1. The zero-order valence-corrected chi connectivity index (χ0v) is 20.4. The fourth-order valence-electron chi connectivity index (χ4n) is 4.66. The standard InChI is InChI=1S/C24H23ClN2O10/c1-12-21(16-9-32-22(15(16)8-26-12)13-2-4-14(25)5-3-13)36-20(29)7-6-19(28)35-17-10-33-24-18(37-27(30)31)11-34-23(17)24/h2-5,8,17-18,22-24H,6-7,9-11H2,1H3/t17-,18+,22-,23+,24+/m0/s1. The summed E-state index contributed by atoms with van der Waals surface area (Å²) in [5, 5.41) is 10.3. The van der Waals surface area contributed by atoms with Crippen molar-refractivity contribution in [1.29, 1.82) is 0 Å². The third-order valence-corrected chi connectivity index (χ3v) is 6.67. The maximum Gasteiger partial charge on any atom is 0.311 e. The minimum atomic E-state index is -0.909. The minimum absolute atomic E-state index is 0.0128. The Labute approximate surface area is 215 Å². The summed E-state index contributed by atoms with van der Waals surface area (Å²) in [5.74, 6) is -0.953. The lowest BCUT2D eigenvalue weighted by Crippen LogP contribution is -2.35. The average Bonchev–Trinajstić information content (AvgIpc) is 3.57. The monoisotopic (exact) mass is 534 g/mol. The van der Waals surface area contributed by atoms with Crippen molar-refractivity contribution in [3.63, 3.8) is 0 Å². The van der Waals surface area contributed by atoms with E-state index in [1.807, 2.05) is 12.1 Å². The Hall–Kier alpha value is -3.32. The third-order valence-electron chi connectivity index (χ3n) is 6.41. The largest absolute Gasteiger partial charge is 0.457 e. The molecule has 0 amide bonds. The van der Waals surface area contributed by atoms with E-state index in [0.717, 1.165) is 16.7 Å². The van der Waals surface area contributed by atoms with Gasteiger partial charge in [0.05, 0.1) is 38.4 Å². The molecule has 1 aromatic heterocycles. The van der Waals surface area contributed by atoms with E-state index in [2.05, 4.69) is 9.82 Å². The molecule has 196 valence electrons. The first-order valence-corrected chi connectivity index (χ1v) is 12.0. The molecule has 0 aliphatic carbocycles. The Balaban J connectivity index is 1.16. The second-order valence-corrected chi connectivity index (χ2v) is 9.25. The minimum Gasteiger partial charge on any atom is -0.457 e. The van der Waals surface area contributed by atoms with Gasteiger partial charge >= 0.3 is 11.9 Å². The van der Waals surface area contributed by atoms with E-state index < -0.39 is 41.4 Å². The molecule has 37 heavy (non-hydrogen) atoms. The Kier molecular flexibility index (Phi) is 7.24. The van der Waals surface area contributed by atoms with Crippen molar-refractivity contribution in [2.45, 2.75) is 56.9 Å². The Morgan fingerprint density at radius 2 is 1.76 bits per heavy atom. The van der Waals surface area contributed by atoms with Gasteiger partial charge in [-0.15, -0.1) is 10.1 Å². The van der Waals surface area contributed by atoms with Crippen molar-refractivity contribution in [3.05, 3.63) is 68.0 Å². The highest BCUT2D eigenvalue weighted by Crippen LogP contribution is 2.41. The van der Waals surface area contributed by atoms with Crippen LogP contribution in [-0.4, -0.2) is 59.6 Å². The maximum absolute atomic E-state index is 12.6. The van der Waals surface area contributed by atoms with Crippen LogP contribution < -0.4 is 4.74 Å². The summed E-state index contributed by atoms with van der Waals surface area (Å²) in [6, 6.07) is 7.27. The predicted molar refractivity (Wildman–Crippen MR) is 123 cm³/mol. The molecule has 0 N–H and O–H groups in total. The SMILES string of the molecule is Cc1ncc2c(c1OC(=O)CCC(=O)O[C@H]1CO[C@H]3[C@@H]1OC[C@H]3O[N+](=O)[O-])CO[C@H]2c1ccc(Cl)cc1. The molecule has 0 unspecified atom stereocenters. The number of rotatable bonds is 8. The highest BCUT2D eigenvalue weighted by Gasteiger charge is 2.51. The fourth-order valence-corrected chi connectivity index (χ4v) is 4.79. The van der Waals surface area contributed by atoms with Crippen molar-refractivity contribution >= 4 is 23.5 Å². The summed E-state index contributed by atoms with van der Waals surface area (Å²) in [7, 11) is 0. The van der Waals surface area contributed by atoms with E-state index in [4.69, 9.17) is 35.3 Å². The second kappa shape index (κ2) is 10.6. The van der Waals surface area contributed by atoms with Gasteiger partial charge in [-0.2, -0.15) is 0 Å². The van der Waals surface area contributed by atoms with Gasteiger partial charge in [0.2, 0.25) is 0 Å². The van der Waals surface area contributed by atoms with E-state index in [0.29, 0.717) is 16.5 Å². The fraction of sp³-hybridized carbons (Fsp3) is 0.458. The number of ether oxygens (including phenoxy) is 5. The van der Waals surface area contributed by atoms with Crippen molar-refractivity contribution in [2.75, 3.05) is 13.2 Å². The molecule has 13 heteroatoms. The number of esters is 2. The number of carbonyl (C=O) groups excluding carboxylic acids is 2. The lowest BCUT2D eigenvalue weighted by atomic mass is 10.0. The molecule has 0 bridgehead atoms. The topological polar surface area (TPSA) is 146 Å². The number of aryl methyl sites for hydroxylation is 1. The highest BCUT2D eigenvalue weighted by atomic mass is 35.5. The Morgan fingerprint density at radius 1 is 1.08 bits per heavy atom. The summed E-state index contributed by atoms with van der Waals surface area (Å²) < 4.78 is 27.8. The van der Waals surface area contributed by atoms with E-state index in [1.165, 1.54) is 0 Å². The lowest BCUT2D eigenvalue weighted by molar-refractivity contribution is -0.769.